The van der Waals surface area contributed by atoms with Gasteiger partial charge >= 0.3 is 0 Å². The van der Waals surface area contributed by atoms with Gasteiger partial charge in [0.15, 0.2) is 0 Å². The number of aliphatic hydroxyl groups excluding tert-OH is 1. The number of thiazole rings is 1. The number of aryl methyl sites for hydroxylation is 2. The van der Waals surface area contributed by atoms with Crippen molar-refractivity contribution in [3.63, 3.8) is 0 Å². The second kappa shape index (κ2) is 7.33. The first-order valence-corrected chi connectivity index (χ1v) is 9.07. The molecule has 0 fully saturated rings. The predicted molar refractivity (Wildman–Crippen MR) is 96.5 cm³/mol. The topological polar surface area (TPSA) is 82.5 Å². The van der Waals surface area contributed by atoms with Crippen molar-refractivity contribution >= 4 is 28.8 Å². The number of aromatic nitrogens is 1. The molecule has 25 heavy (non-hydrogen) atoms. The van der Waals surface area contributed by atoms with Crippen molar-refractivity contribution in [2.24, 2.45) is 0 Å². The third kappa shape index (κ3) is 3.57. The summed E-state index contributed by atoms with van der Waals surface area (Å²) in [6.45, 7) is 4.36. The molecule has 2 heterocycles. The van der Waals surface area contributed by atoms with Crippen molar-refractivity contribution in [2.75, 3.05) is 18.5 Å². The van der Waals surface area contributed by atoms with Gasteiger partial charge in [-0.05, 0) is 30.5 Å². The van der Waals surface area contributed by atoms with E-state index in [-0.39, 0.29) is 31.4 Å². The summed E-state index contributed by atoms with van der Waals surface area (Å²) >= 11 is 1.46. The molecule has 3 rings (SSSR count). The number of hydrogen-bond donors (Lipinski definition) is 2. The maximum Gasteiger partial charge on any atom is 0.232 e. The number of aliphatic hydroxyl groups is 1. The summed E-state index contributed by atoms with van der Waals surface area (Å²) in [4.78, 5) is 31.0. The normalized spacial score (nSPS) is 15.8. The molecule has 1 aliphatic rings. The molecule has 7 heteroatoms. The maximum atomic E-state index is 12.8. The molecule has 1 atom stereocenters. The fraction of sp³-hybridized carbons (Fsp3) is 0.389. The van der Waals surface area contributed by atoms with Gasteiger partial charge in [0, 0.05) is 30.2 Å². The lowest BCUT2D eigenvalue weighted by molar-refractivity contribution is -0.134. The van der Waals surface area contributed by atoms with E-state index in [4.69, 9.17) is 0 Å². The highest BCUT2D eigenvalue weighted by Crippen LogP contribution is 2.39. The van der Waals surface area contributed by atoms with E-state index in [1.54, 1.807) is 11.1 Å². The average molecular weight is 359 g/mol. The summed E-state index contributed by atoms with van der Waals surface area (Å²) < 4.78 is 0. The number of rotatable bonds is 6. The fourth-order valence-electron chi connectivity index (χ4n) is 3.19. The first-order valence-electron chi connectivity index (χ1n) is 8.19. The summed E-state index contributed by atoms with van der Waals surface area (Å²) in [5.41, 5.74) is 3.75. The van der Waals surface area contributed by atoms with Crippen LogP contribution in [0.5, 0.6) is 0 Å². The van der Waals surface area contributed by atoms with Gasteiger partial charge in [-0.2, -0.15) is 0 Å². The van der Waals surface area contributed by atoms with Crippen molar-refractivity contribution < 1.29 is 14.7 Å². The van der Waals surface area contributed by atoms with Crippen LogP contribution in [0.1, 0.15) is 34.0 Å². The zero-order chi connectivity index (χ0) is 18.0. The van der Waals surface area contributed by atoms with Gasteiger partial charge in [-0.3, -0.25) is 9.59 Å². The summed E-state index contributed by atoms with van der Waals surface area (Å²) in [6.07, 6.45) is 1.78. The third-order valence-electron chi connectivity index (χ3n) is 4.50. The molecule has 2 amide bonds. The van der Waals surface area contributed by atoms with E-state index in [9.17, 15) is 14.7 Å². The molecule has 1 aliphatic heterocycles. The molecule has 0 spiro atoms. The zero-order valence-corrected chi connectivity index (χ0v) is 15.1. The summed E-state index contributed by atoms with van der Waals surface area (Å²) in [6, 6.07) is 3.95. The number of benzene rings is 1. The van der Waals surface area contributed by atoms with E-state index in [2.05, 4.69) is 10.3 Å². The van der Waals surface area contributed by atoms with Gasteiger partial charge in [0.1, 0.15) is 5.01 Å². The van der Waals surface area contributed by atoms with E-state index in [1.165, 1.54) is 11.3 Å². The first kappa shape index (κ1) is 17.6. The van der Waals surface area contributed by atoms with Crippen LogP contribution in [0.3, 0.4) is 0 Å². The largest absolute Gasteiger partial charge is 0.395 e. The number of hydrogen-bond acceptors (Lipinski definition) is 5. The van der Waals surface area contributed by atoms with E-state index in [1.807, 2.05) is 31.4 Å². The van der Waals surface area contributed by atoms with Crippen LogP contribution >= 0.6 is 11.3 Å². The highest BCUT2D eigenvalue weighted by atomic mass is 32.1. The van der Waals surface area contributed by atoms with Gasteiger partial charge in [-0.25, -0.2) is 4.98 Å². The molecule has 0 radical (unpaired) electrons. The van der Waals surface area contributed by atoms with Gasteiger partial charge < -0.3 is 15.3 Å². The van der Waals surface area contributed by atoms with Crippen molar-refractivity contribution in [3.8, 4) is 0 Å². The highest BCUT2D eigenvalue weighted by molar-refractivity contribution is 7.09. The van der Waals surface area contributed by atoms with Gasteiger partial charge in [-0.1, -0.05) is 12.1 Å². The molecular formula is C18H21N3O3S. The number of carbonyl (C=O) groups excluding carboxylic acids is 2. The van der Waals surface area contributed by atoms with Crippen molar-refractivity contribution in [3.05, 3.63) is 45.4 Å². The Hall–Kier alpha value is -2.25. The lowest BCUT2D eigenvalue weighted by Crippen LogP contribution is -2.34. The van der Waals surface area contributed by atoms with Gasteiger partial charge in [0.05, 0.1) is 19.1 Å². The molecule has 0 saturated heterocycles. The van der Waals surface area contributed by atoms with Crippen LogP contribution < -0.4 is 5.32 Å². The molecule has 2 N–H and O–H groups in total. The van der Waals surface area contributed by atoms with Crippen molar-refractivity contribution in [1.82, 2.24) is 9.88 Å². The molecule has 1 aromatic carbocycles. The lowest BCUT2D eigenvalue weighted by Gasteiger charge is -2.22. The summed E-state index contributed by atoms with van der Waals surface area (Å²) in [5.74, 6) is -0.781. The Kier molecular flexibility index (Phi) is 5.15. The van der Waals surface area contributed by atoms with Crippen LogP contribution in [0.2, 0.25) is 0 Å². The van der Waals surface area contributed by atoms with Gasteiger partial charge in [0.25, 0.3) is 0 Å². The molecule has 0 saturated carbocycles. The van der Waals surface area contributed by atoms with E-state index < -0.39 is 5.92 Å². The molecule has 0 unspecified atom stereocenters. The Balaban J connectivity index is 1.80. The Morgan fingerprint density at radius 3 is 2.80 bits per heavy atom. The highest BCUT2D eigenvalue weighted by Gasteiger charge is 2.35. The smallest absolute Gasteiger partial charge is 0.232 e. The van der Waals surface area contributed by atoms with Crippen LogP contribution in [0.25, 0.3) is 0 Å². The molecule has 2 aromatic rings. The minimum Gasteiger partial charge on any atom is -0.395 e. The van der Waals surface area contributed by atoms with Gasteiger partial charge in [-0.15, -0.1) is 11.3 Å². The van der Waals surface area contributed by atoms with Crippen LogP contribution in [-0.4, -0.2) is 40.0 Å². The monoisotopic (exact) mass is 359 g/mol. The van der Waals surface area contributed by atoms with E-state index >= 15 is 0 Å². The minimum absolute atomic E-state index is 0.0918. The van der Waals surface area contributed by atoms with E-state index in [0.717, 1.165) is 27.4 Å². The second-order valence-electron chi connectivity index (χ2n) is 6.20. The number of fused-ring (bicyclic) bond motifs is 1. The second-order valence-corrected chi connectivity index (χ2v) is 7.18. The minimum atomic E-state index is -0.486. The molecule has 6 nitrogen and oxygen atoms in total. The quantitative estimate of drug-likeness (QED) is 0.828. The van der Waals surface area contributed by atoms with Gasteiger partial charge in [0.2, 0.25) is 11.8 Å². The number of nitrogens with zero attached hydrogens (tertiary/aromatic N) is 2. The molecular weight excluding hydrogens is 338 g/mol. The fourth-order valence-corrected chi connectivity index (χ4v) is 3.83. The predicted octanol–water partition coefficient (Wildman–Crippen LogP) is 2.21. The lowest BCUT2D eigenvalue weighted by atomic mass is 9.91. The summed E-state index contributed by atoms with van der Waals surface area (Å²) in [7, 11) is 0. The Labute approximate surface area is 150 Å². The molecule has 1 aromatic heterocycles. The first-order chi connectivity index (χ1) is 12.0. The number of nitrogens with one attached hydrogen (secondary N) is 1. The molecule has 132 valence electrons. The molecule has 0 aliphatic carbocycles. The van der Waals surface area contributed by atoms with Crippen LogP contribution in [-0.2, 0) is 16.1 Å². The standard InChI is InChI=1S/C18H21N3O3S/c1-11-3-4-12(2)17-16(11)13(18(24)20-17)9-15(23)21(6-7-22)10-14-19-5-8-25-14/h3-5,8,13,22H,6-7,9-10H2,1-2H3,(H,20,24)/t13-/m1/s1. The Morgan fingerprint density at radius 2 is 2.12 bits per heavy atom. The SMILES string of the molecule is Cc1ccc(C)c2c1NC(=O)[C@@H]2CC(=O)N(CCO)Cc1nccs1. The van der Waals surface area contributed by atoms with E-state index in [0.29, 0.717) is 6.54 Å². The Bertz CT molecular complexity index is 789. The van der Waals surface area contributed by atoms with Crippen LogP contribution in [0.4, 0.5) is 5.69 Å². The summed E-state index contributed by atoms with van der Waals surface area (Å²) in [5, 5.41) is 14.8. The number of carbonyl (C=O) groups is 2. The third-order valence-corrected chi connectivity index (χ3v) is 5.26. The van der Waals surface area contributed by atoms with Crippen molar-refractivity contribution in [1.29, 1.82) is 0 Å². The maximum absolute atomic E-state index is 12.8. The average Bonchev–Trinajstić information content (AvgIpc) is 3.20. The van der Waals surface area contributed by atoms with Crippen LogP contribution in [0.15, 0.2) is 23.7 Å². The van der Waals surface area contributed by atoms with Crippen molar-refractivity contribution in [2.45, 2.75) is 32.7 Å². The Morgan fingerprint density at radius 1 is 1.36 bits per heavy atom. The molecule has 0 bridgehead atoms. The zero-order valence-electron chi connectivity index (χ0n) is 14.3. The number of anilines is 1. The van der Waals surface area contributed by atoms with Crippen LogP contribution in [0, 0.1) is 13.8 Å². The number of amides is 2.